The van der Waals surface area contributed by atoms with Crippen molar-refractivity contribution in [3.8, 4) is 0 Å². The average Bonchev–Trinajstić information content (AvgIpc) is 2.64. The summed E-state index contributed by atoms with van der Waals surface area (Å²) in [5, 5.41) is 7.66. The molecule has 0 aliphatic carbocycles. The molecular weight excluding hydrogens is 354 g/mol. The summed E-state index contributed by atoms with van der Waals surface area (Å²) in [6.07, 6.45) is 0. The predicted molar refractivity (Wildman–Crippen MR) is 97.8 cm³/mol. The van der Waals surface area contributed by atoms with Gasteiger partial charge in [0, 0.05) is 12.6 Å². The summed E-state index contributed by atoms with van der Waals surface area (Å²) in [7, 11) is -2.13. The summed E-state index contributed by atoms with van der Waals surface area (Å²) in [6, 6.07) is 14.3. The van der Waals surface area contributed by atoms with Crippen LogP contribution >= 0.6 is 0 Å². The van der Waals surface area contributed by atoms with Gasteiger partial charge in [0.05, 0.1) is 17.5 Å². The van der Waals surface area contributed by atoms with Crippen LogP contribution in [-0.2, 0) is 14.8 Å². The Balaban J connectivity index is 1.97. The lowest BCUT2D eigenvalue weighted by Gasteiger charge is -2.25. The summed E-state index contributed by atoms with van der Waals surface area (Å²) in [5.41, 5.74) is 1.23. The van der Waals surface area contributed by atoms with E-state index in [1.807, 2.05) is 6.92 Å². The van der Waals surface area contributed by atoms with Crippen LogP contribution in [0.5, 0.6) is 0 Å². The van der Waals surface area contributed by atoms with Gasteiger partial charge in [-0.2, -0.15) is 0 Å². The van der Waals surface area contributed by atoms with E-state index in [1.54, 1.807) is 49.5 Å². The van der Waals surface area contributed by atoms with Crippen molar-refractivity contribution < 1.29 is 18.0 Å². The summed E-state index contributed by atoms with van der Waals surface area (Å²) in [6.45, 7) is 1.67. The van der Waals surface area contributed by atoms with E-state index in [4.69, 9.17) is 5.14 Å². The van der Waals surface area contributed by atoms with E-state index in [2.05, 4.69) is 5.32 Å². The first-order chi connectivity index (χ1) is 12.2. The van der Waals surface area contributed by atoms with E-state index in [9.17, 15) is 18.0 Å². The van der Waals surface area contributed by atoms with E-state index in [1.165, 1.54) is 17.0 Å². The number of sulfonamides is 1. The lowest BCUT2D eigenvalue weighted by molar-refractivity contribution is -0.130. The van der Waals surface area contributed by atoms with E-state index in [-0.39, 0.29) is 29.3 Å². The first kappa shape index (κ1) is 19.6. The van der Waals surface area contributed by atoms with Gasteiger partial charge in [-0.1, -0.05) is 30.3 Å². The third kappa shape index (κ3) is 4.90. The van der Waals surface area contributed by atoms with Crippen LogP contribution in [0.25, 0.3) is 0 Å². The maximum Gasteiger partial charge on any atom is 0.251 e. The van der Waals surface area contributed by atoms with Gasteiger partial charge in [-0.15, -0.1) is 0 Å². The van der Waals surface area contributed by atoms with Crippen LogP contribution in [0, 0.1) is 0 Å². The zero-order valence-corrected chi connectivity index (χ0v) is 15.4. The van der Waals surface area contributed by atoms with Crippen LogP contribution < -0.4 is 10.5 Å². The molecule has 138 valence electrons. The molecule has 2 rings (SSSR count). The van der Waals surface area contributed by atoms with Gasteiger partial charge >= 0.3 is 0 Å². The van der Waals surface area contributed by atoms with Crippen molar-refractivity contribution in [2.75, 3.05) is 13.6 Å². The Labute approximate surface area is 152 Å². The number of amides is 2. The van der Waals surface area contributed by atoms with Gasteiger partial charge < -0.3 is 10.2 Å². The minimum Gasteiger partial charge on any atom is -0.343 e. The molecule has 3 N–H and O–H groups in total. The third-order valence-electron chi connectivity index (χ3n) is 4.10. The Morgan fingerprint density at radius 3 is 2.19 bits per heavy atom. The summed E-state index contributed by atoms with van der Waals surface area (Å²) >= 11 is 0. The fourth-order valence-electron chi connectivity index (χ4n) is 2.35. The number of carbonyl (C=O) groups excluding carboxylic acids is 2. The molecule has 0 aliphatic heterocycles. The van der Waals surface area contributed by atoms with E-state index in [0.717, 1.165) is 5.56 Å². The maximum atomic E-state index is 12.3. The number of carbonyl (C=O) groups is 2. The Morgan fingerprint density at radius 1 is 1.08 bits per heavy atom. The van der Waals surface area contributed by atoms with Crippen LogP contribution in [0.2, 0.25) is 0 Å². The fraction of sp³-hybridized carbons (Fsp3) is 0.222. The molecule has 0 aromatic heterocycles. The predicted octanol–water partition coefficient (Wildman–Crippen LogP) is 1.28. The van der Waals surface area contributed by atoms with Crippen LogP contribution in [-0.4, -0.2) is 38.7 Å². The number of benzene rings is 2. The molecule has 0 fully saturated rings. The van der Waals surface area contributed by atoms with E-state index < -0.39 is 10.0 Å². The molecule has 2 aromatic carbocycles. The molecule has 0 radical (unpaired) electrons. The number of nitrogens with two attached hydrogens (primary N) is 1. The summed E-state index contributed by atoms with van der Waals surface area (Å²) in [4.78, 5) is 25.8. The monoisotopic (exact) mass is 375 g/mol. The van der Waals surface area contributed by atoms with Crippen LogP contribution in [0.4, 0.5) is 0 Å². The van der Waals surface area contributed by atoms with Gasteiger partial charge in [-0.25, -0.2) is 13.6 Å². The standard InChI is InChI=1S/C18H21N3O4S/c1-13(14-8-10-16(11-9-14)26(19,24)25)21(2)17(22)12-20-18(23)15-6-4-3-5-7-15/h3-11,13H,12H2,1-2H3,(H,20,23)(H2,19,24,25)/t13-/m0/s1. The molecule has 7 nitrogen and oxygen atoms in total. The van der Waals surface area contributed by atoms with Gasteiger partial charge in [0.15, 0.2) is 0 Å². The highest BCUT2D eigenvalue weighted by Gasteiger charge is 2.19. The molecule has 0 aliphatic rings. The molecule has 8 heteroatoms. The fourth-order valence-corrected chi connectivity index (χ4v) is 2.86. The first-order valence-corrected chi connectivity index (χ1v) is 9.46. The Bertz CT molecular complexity index is 880. The second-order valence-corrected chi connectivity index (χ2v) is 7.40. The molecular formula is C18H21N3O4S. The summed E-state index contributed by atoms with van der Waals surface area (Å²) in [5.74, 6) is -0.588. The highest BCUT2D eigenvalue weighted by atomic mass is 32.2. The second kappa shape index (κ2) is 8.11. The maximum absolute atomic E-state index is 12.3. The summed E-state index contributed by atoms with van der Waals surface area (Å²) < 4.78 is 22.6. The molecule has 0 heterocycles. The lowest BCUT2D eigenvalue weighted by atomic mass is 10.1. The van der Waals surface area contributed by atoms with E-state index >= 15 is 0 Å². The normalized spacial score (nSPS) is 12.3. The number of hydrogen-bond acceptors (Lipinski definition) is 4. The lowest BCUT2D eigenvalue weighted by Crippen LogP contribution is -2.39. The Morgan fingerprint density at radius 2 is 1.65 bits per heavy atom. The molecule has 0 saturated heterocycles. The highest BCUT2D eigenvalue weighted by molar-refractivity contribution is 7.89. The largest absolute Gasteiger partial charge is 0.343 e. The minimum absolute atomic E-state index is 0.0116. The Hall–Kier alpha value is -2.71. The van der Waals surface area contributed by atoms with Gasteiger partial charge in [0.2, 0.25) is 15.9 Å². The molecule has 0 bridgehead atoms. The SMILES string of the molecule is C[C@@H](c1ccc(S(N)(=O)=O)cc1)N(C)C(=O)CNC(=O)c1ccccc1. The number of nitrogens with one attached hydrogen (secondary N) is 1. The van der Waals surface area contributed by atoms with Crippen molar-refractivity contribution in [1.82, 2.24) is 10.2 Å². The number of primary sulfonamides is 1. The number of nitrogens with zero attached hydrogens (tertiary/aromatic N) is 1. The molecule has 0 unspecified atom stereocenters. The minimum atomic E-state index is -3.75. The second-order valence-electron chi connectivity index (χ2n) is 5.84. The first-order valence-electron chi connectivity index (χ1n) is 7.92. The average molecular weight is 375 g/mol. The van der Waals surface area contributed by atoms with Crippen molar-refractivity contribution in [2.24, 2.45) is 5.14 Å². The molecule has 0 saturated carbocycles. The van der Waals surface area contributed by atoms with Crippen molar-refractivity contribution in [1.29, 1.82) is 0 Å². The quantitative estimate of drug-likeness (QED) is 0.792. The van der Waals surface area contributed by atoms with Gasteiger partial charge in [-0.05, 0) is 36.8 Å². The van der Waals surface area contributed by atoms with Gasteiger partial charge in [0.1, 0.15) is 0 Å². The van der Waals surface area contributed by atoms with Crippen LogP contribution in [0.3, 0.4) is 0 Å². The molecule has 0 spiro atoms. The topological polar surface area (TPSA) is 110 Å². The van der Waals surface area contributed by atoms with Crippen LogP contribution in [0.15, 0.2) is 59.5 Å². The molecule has 1 atom stereocenters. The van der Waals surface area contributed by atoms with Gasteiger partial charge in [0.25, 0.3) is 5.91 Å². The zero-order chi connectivity index (χ0) is 19.3. The molecule has 2 amide bonds. The molecule has 2 aromatic rings. The smallest absolute Gasteiger partial charge is 0.251 e. The Kier molecular flexibility index (Phi) is 6.12. The van der Waals surface area contributed by atoms with E-state index in [0.29, 0.717) is 5.56 Å². The number of rotatable bonds is 6. The van der Waals surface area contributed by atoms with Crippen molar-refractivity contribution >= 4 is 21.8 Å². The number of likely N-dealkylation sites (N-methyl/N-ethyl adjacent to an activating group) is 1. The zero-order valence-electron chi connectivity index (χ0n) is 14.5. The van der Waals surface area contributed by atoms with Crippen LogP contribution in [0.1, 0.15) is 28.9 Å². The number of hydrogen-bond donors (Lipinski definition) is 2. The van der Waals surface area contributed by atoms with Crippen molar-refractivity contribution in [3.63, 3.8) is 0 Å². The van der Waals surface area contributed by atoms with Crippen molar-refractivity contribution in [3.05, 3.63) is 65.7 Å². The molecule has 26 heavy (non-hydrogen) atoms. The highest BCUT2D eigenvalue weighted by Crippen LogP contribution is 2.20. The van der Waals surface area contributed by atoms with Gasteiger partial charge in [-0.3, -0.25) is 9.59 Å². The third-order valence-corrected chi connectivity index (χ3v) is 5.03. The van der Waals surface area contributed by atoms with Crippen molar-refractivity contribution in [2.45, 2.75) is 17.9 Å².